The standard InChI is InChI=1S/C18H27FN6O/c1-17(2)13(11-24-7-6-22-23-24)4-5-18(17,3)21-10-16(26)25-12-14(19)8-15(25)9-20/h6-7,13-15,21H,4-5,8,10-12H2,1-3H3/t13?,14-,15-,18?/m0/s1. The molecule has 1 saturated heterocycles. The number of amides is 1. The Labute approximate surface area is 153 Å². The van der Waals surface area contributed by atoms with Gasteiger partial charge in [-0.05, 0) is 31.1 Å². The maximum Gasteiger partial charge on any atom is 0.237 e. The normalized spacial score (nSPS) is 33.3. The molecule has 1 aliphatic carbocycles. The fraction of sp³-hybridized carbons (Fsp3) is 0.778. The van der Waals surface area contributed by atoms with Crippen LogP contribution in [0.1, 0.15) is 40.0 Å². The van der Waals surface area contributed by atoms with Gasteiger partial charge < -0.3 is 10.2 Å². The van der Waals surface area contributed by atoms with E-state index in [9.17, 15) is 9.18 Å². The largest absolute Gasteiger partial charge is 0.323 e. The van der Waals surface area contributed by atoms with Crippen LogP contribution >= 0.6 is 0 Å². The van der Waals surface area contributed by atoms with Gasteiger partial charge in [-0.15, -0.1) is 5.10 Å². The Morgan fingerprint density at radius 1 is 1.46 bits per heavy atom. The quantitative estimate of drug-likeness (QED) is 0.858. The van der Waals surface area contributed by atoms with Gasteiger partial charge in [0, 0.05) is 24.7 Å². The van der Waals surface area contributed by atoms with E-state index in [2.05, 4.69) is 36.4 Å². The number of carbonyl (C=O) groups is 1. The number of carbonyl (C=O) groups excluding carboxylic acids is 1. The second-order valence-corrected chi connectivity index (χ2v) is 8.29. The molecule has 2 fully saturated rings. The summed E-state index contributed by atoms with van der Waals surface area (Å²) in [6, 6.07) is 1.38. The first-order valence-electron chi connectivity index (χ1n) is 9.19. The molecule has 1 N–H and O–H groups in total. The zero-order valence-electron chi connectivity index (χ0n) is 15.7. The second-order valence-electron chi connectivity index (χ2n) is 8.29. The number of nitrogens with zero attached hydrogens (tertiary/aromatic N) is 5. The van der Waals surface area contributed by atoms with Crippen LogP contribution in [0.2, 0.25) is 0 Å². The van der Waals surface area contributed by atoms with Crippen LogP contribution in [-0.4, -0.2) is 56.6 Å². The first-order valence-corrected chi connectivity index (χ1v) is 9.19. The number of aromatic nitrogens is 3. The average Bonchev–Trinajstić information content (AvgIpc) is 3.29. The molecule has 1 amide bonds. The van der Waals surface area contributed by atoms with Crippen molar-refractivity contribution in [2.24, 2.45) is 11.3 Å². The molecule has 0 aromatic carbocycles. The predicted molar refractivity (Wildman–Crippen MR) is 93.6 cm³/mol. The third-order valence-electron chi connectivity index (χ3n) is 6.66. The molecule has 26 heavy (non-hydrogen) atoms. The lowest BCUT2D eigenvalue weighted by Crippen LogP contribution is -2.55. The molecule has 0 radical (unpaired) electrons. The predicted octanol–water partition coefficient (Wildman–Crippen LogP) is 1.53. The van der Waals surface area contributed by atoms with Gasteiger partial charge in [0.25, 0.3) is 0 Å². The molecule has 1 aromatic rings. The van der Waals surface area contributed by atoms with Gasteiger partial charge in [-0.3, -0.25) is 9.48 Å². The zero-order valence-corrected chi connectivity index (χ0v) is 15.7. The topological polar surface area (TPSA) is 86.8 Å². The van der Waals surface area contributed by atoms with Crippen LogP contribution in [0.4, 0.5) is 4.39 Å². The van der Waals surface area contributed by atoms with E-state index < -0.39 is 12.2 Å². The number of rotatable bonds is 5. The lowest BCUT2D eigenvalue weighted by atomic mass is 9.71. The Hall–Kier alpha value is -2.01. The third kappa shape index (κ3) is 3.32. The highest BCUT2D eigenvalue weighted by molar-refractivity contribution is 5.79. The minimum absolute atomic E-state index is 0.0216. The number of halogens is 1. The van der Waals surface area contributed by atoms with Crippen molar-refractivity contribution in [1.82, 2.24) is 25.2 Å². The molecular formula is C18H27FN6O. The second kappa shape index (κ2) is 6.95. The van der Waals surface area contributed by atoms with Crippen LogP contribution in [0.5, 0.6) is 0 Å². The van der Waals surface area contributed by atoms with Crippen LogP contribution < -0.4 is 5.32 Å². The Kier molecular flexibility index (Phi) is 5.02. The summed E-state index contributed by atoms with van der Waals surface area (Å²) in [7, 11) is 0. The van der Waals surface area contributed by atoms with E-state index in [0.717, 1.165) is 19.4 Å². The molecule has 4 atom stereocenters. The van der Waals surface area contributed by atoms with Gasteiger partial charge >= 0.3 is 0 Å². The van der Waals surface area contributed by atoms with E-state index in [1.807, 2.05) is 16.9 Å². The number of alkyl halides is 1. The Morgan fingerprint density at radius 2 is 2.23 bits per heavy atom. The monoisotopic (exact) mass is 362 g/mol. The van der Waals surface area contributed by atoms with Crippen molar-refractivity contribution < 1.29 is 9.18 Å². The molecule has 2 unspecified atom stereocenters. The first kappa shape index (κ1) is 18.8. The van der Waals surface area contributed by atoms with E-state index in [4.69, 9.17) is 5.26 Å². The van der Waals surface area contributed by atoms with Crippen molar-refractivity contribution in [3.63, 3.8) is 0 Å². The van der Waals surface area contributed by atoms with Crippen LogP contribution in [0.15, 0.2) is 12.4 Å². The van der Waals surface area contributed by atoms with E-state index in [-0.39, 0.29) is 36.4 Å². The van der Waals surface area contributed by atoms with Crippen LogP contribution in [0, 0.1) is 22.7 Å². The molecule has 2 heterocycles. The summed E-state index contributed by atoms with van der Waals surface area (Å²) in [5.41, 5.74) is -0.271. The number of nitriles is 1. The van der Waals surface area contributed by atoms with Gasteiger partial charge in [-0.1, -0.05) is 19.1 Å². The van der Waals surface area contributed by atoms with E-state index in [0.29, 0.717) is 5.92 Å². The Bertz CT molecular complexity index is 684. The highest BCUT2D eigenvalue weighted by atomic mass is 19.1. The summed E-state index contributed by atoms with van der Waals surface area (Å²) in [6.45, 7) is 7.51. The molecule has 8 heteroatoms. The van der Waals surface area contributed by atoms with Crippen molar-refractivity contribution in [3.8, 4) is 6.07 Å². The van der Waals surface area contributed by atoms with E-state index in [1.54, 1.807) is 6.20 Å². The van der Waals surface area contributed by atoms with Crippen LogP contribution in [-0.2, 0) is 11.3 Å². The van der Waals surface area contributed by atoms with Crippen molar-refractivity contribution >= 4 is 5.91 Å². The summed E-state index contributed by atoms with van der Waals surface area (Å²) in [5, 5.41) is 20.5. The number of hydrogen-bond donors (Lipinski definition) is 1. The number of hydrogen-bond acceptors (Lipinski definition) is 5. The SMILES string of the molecule is CC1(NCC(=O)N2C[C@@H](F)C[C@H]2C#N)CCC(Cn2ccnn2)C1(C)C. The molecule has 1 saturated carbocycles. The molecule has 142 valence electrons. The minimum Gasteiger partial charge on any atom is -0.323 e. The summed E-state index contributed by atoms with van der Waals surface area (Å²) in [6.07, 6.45) is 4.53. The van der Waals surface area contributed by atoms with E-state index in [1.165, 1.54) is 4.90 Å². The summed E-state index contributed by atoms with van der Waals surface area (Å²) in [5.74, 6) is 0.208. The molecule has 0 bridgehead atoms. The van der Waals surface area contributed by atoms with E-state index >= 15 is 0 Å². The lowest BCUT2D eigenvalue weighted by molar-refractivity contribution is -0.131. The molecule has 3 rings (SSSR count). The average molecular weight is 362 g/mol. The highest BCUT2D eigenvalue weighted by Crippen LogP contribution is 2.50. The van der Waals surface area contributed by atoms with Crippen molar-refractivity contribution in [1.29, 1.82) is 5.26 Å². The summed E-state index contributed by atoms with van der Waals surface area (Å²) >= 11 is 0. The van der Waals surface area contributed by atoms with Crippen LogP contribution in [0.25, 0.3) is 0 Å². The smallest absolute Gasteiger partial charge is 0.237 e. The van der Waals surface area contributed by atoms with Gasteiger partial charge in [0.2, 0.25) is 5.91 Å². The maximum atomic E-state index is 13.6. The zero-order chi connectivity index (χ0) is 18.9. The molecule has 0 spiro atoms. The number of likely N-dealkylation sites (tertiary alicyclic amines) is 1. The van der Waals surface area contributed by atoms with Crippen molar-refractivity contribution in [3.05, 3.63) is 12.4 Å². The lowest BCUT2D eigenvalue weighted by Gasteiger charge is -2.42. The first-order chi connectivity index (χ1) is 12.3. The van der Waals surface area contributed by atoms with Crippen LogP contribution in [0.3, 0.4) is 0 Å². The maximum absolute atomic E-state index is 13.6. The van der Waals surface area contributed by atoms with Crippen molar-refractivity contribution in [2.45, 2.75) is 64.3 Å². The molecular weight excluding hydrogens is 335 g/mol. The Morgan fingerprint density at radius 3 is 2.88 bits per heavy atom. The fourth-order valence-corrected chi connectivity index (χ4v) is 4.34. The molecule has 7 nitrogen and oxygen atoms in total. The van der Waals surface area contributed by atoms with Crippen molar-refractivity contribution in [2.75, 3.05) is 13.1 Å². The molecule has 2 aliphatic rings. The molecule has 1 aromatic heterocycles. The van der Waals surface area contributed by atoms with Gasteiger partial charge in [0.1, 0.15) is 12.2 Å². The van der Waals surface area contributed by atoms with Gasteiger partial charge in [-0.2, -0.15) is 5.26 Å². The third-order valence-corrected chi connectivity index (χ3v) is 6.66. The highest BCUT2D eigenvalue weighted by Gasteiger charge is 2.51. The number of nitrogens with one attached hydrogen (secondary N) is 1. The minimum atomic E-state index is -1.10. The van der Waals surface area contributed by atoms with Gasteiger partial charge in [0.15, 0.2) is 0 Å². The summed E-state index contributed by atoms with van der Waals surface area (Å²) in [4.78, 5) is 13.9. The molecule has 1 aliphatic heterocycles. The fourth-order valence-electron chi connectivity index (χ4n) is 4.34. The summed E-state index contributed by atoms with van der Waals surface area (Å²) < 4.78 is 15.4. The Balaban J connectivity index is 1.62. The van der Waals surface area contributed by atoms with Gasteiger partial charge in [-0.25, -0.2) is 4.39 Å². The van der Waals surface area contributed by atoms with Gasteiger partial charge in [0.05, 0.1) is 25.4 Å².